The van der Waals surface area contributed by atoms with Gasteiger partial charge in [0.05, 0.1) is 22.4 Å². The maximum atomic E-state index is 5.96. The van der Waals surface area contributed by atoms with E-state index in [0.29, 0.717) is 6.61 Å². The first kappa shape index (κ1) is 10.7. The molecule has 5 heteroatoms. The van der Waals surface area contributed by atoms with Crippen LogP contribution in [-0.4, -0.2) is 23.5 Å². The summed E-state index contributed by atoms with van der Waals surface area (Å²) in [6, 6.07) is -0.0261. The van der Waals surface area contributed by atoms with Crippen molar-refractivity contribution >= 4 is 15.9 Å². The van der Waals surface area contributed by atoms with E-state index < -0.39 is 0 Å². The van der Waals surface area contributed by atoms with E-state index in [-0.39, 0.29) is 6.04 Å². The van der Waals surface area contributed by atoms with E-state index in [1.165, 1.54) is 0 Å². The Balaban J connectivity index is 2.69. The lowest BCUT2D eigenvalue weighted by atomic mass is 10.1. The molecule has 0 saturated heterocycles. The number of methoxy groups -OCH3 is 1. The van der Waals surface area contributed by atoms with Gasteiger partial charge in [-0.2, -0.15) is 5.10 Å². The lowest BCUT2D eigenvalue weighted by Gasteiger charge is -2.11. The number of aromatic nitrogens is 2. The molecule has 0 fully saturated rings. The highest BCUT2D eigenvalue weighted by atomic mass is 79.9. The van der Waals surface area contributed by atoms with Crippen LogP contribution in [-0.2, 0) is 11.8 Å². The molecule has 1 unspecified atom stereocenters. The molecule has 13 heavy (non-hydrogen) atoms. The minimum absolute atomic E-state index is 0.0261. The molecule has 2 N–H and O–H groups in total. The Bertz CT molecular complexity index is 255. The standard InChI is InChI=1S/C8H14BrN3O/c1-12-8(6(9)5-11-12)7(10)3-4-13-2/h5,7H,3-4,10H2,1-2H3. The summed E-state index contributed by atoms with van der Waals surface area (Å²) in [4.78, 5) is 0. The fourth-order valence-electron chi connectivity index (χ4n) is 1.22. The number of ether oxygens (including phenoxy) is 1. The zero-order valence-electron chi connectivity index (χ0n) is 7.83. The van der Waals surface area contributed by atoms with Crippen molar-refractivity contribution in [2.24, 2.45) is 12.8 Å². The summed E-state index contributed by atoms with van der Waals surface area (Å²) in [5.74, 6) is 0. The molecule has 0 amide bonds. The van der Waals surface area contributed by atoms with Crippen LogP contribution in [0.5, 0.6) is 0 Å². The average molecular weight is 248 g/mol. The van der Waals surface area contributed by atoms with Crippen LogP contribution in [0.1, 0.15) is 18.2 Å². The molecule has 0 aromatic carbocycles. The number of halogens is 1. The van der Waals surface area contributed by atoms with Gasteiger partial charge >= 0.3 is 0 Å². The second-order valence-corrected chi connectivity index (χ2v) is 3.74. The monoisotopic (exact) mass is 247 g/mol. The Morgan fingerprint density at radius 3 is 2.92 bits per heavy atom. The maximum absolute atomic E-state index is 5.96. The highest BCUT2D eigenvalue weighted by Gasteiger charge is 2.13. The number of hydrogen-bond donors (Lipinski definition) is 1. The predicted molar refractivity (Wildman–Crippen MR) is 54.3 cm³/mol. The Kier molecular flexibility index (Phi) is 3.90. The Hall–Kier alpha value is -0.390. The van der Waals surface area contributed by atoms with Gasteiger partial charge in [0.25, 0.3) is 0 Å². The molecule has 1 heterocycles. The first-order valence-electron chi connectivity index (χ1n) is 4.08. The average Bonchev–Trinajstić information content (AvgIpc) is 2.42. The third kappa shape index (κ3) is 2.52. The van der Waals surface area contributed by atoms with Gasteiger partial charge in [0.2, 0.25) is 0 Å². The van der Waals surface area contributed by atoms with Gasteiger partial charge in [0.15, 0.2) is 0 Å². The molecule has 0 aliphatic heterocycles. The van der Waals surface area contributed by atoms with Crippen LogP contribution in [0.25, 0.3) is 0 Å². The Labute approximate surface area is 86.2 Å². The molecule has 1 aromatic rings. The SMILES string of the molecule is COCCC(N)c1c(Br)cnn1C. The molecule has 0 radical (unpaired) electrons. The number of rotatable bonds is 4. The molecule has 1 aromatic heterocycles. The molecule has 0 aliphatic rings. The van der Waals surface area contributed by atoms with Gasteiger partial charge in [-0.15, -0.1) is 0 Å². The van der Waals surface area contributed by atoms with Gasteiger partial charge in [0.1, 0.15) is 0 Å². The lowest BCUT2D eigenvalue weighted by molar-refractivity contribution is 0.187. The van der Waals surface area contributed by atoms with Crippen molar-refractivity contribution in [2.45, 2.75) is 12.5 Å². The van der Waals surface area contributed by atoms with E-state index >= 15 is 0 Å². The van der Waals surface area contributed by atoms with E-state index in [9.17, 15) is 0 Å². The van der Waals surface area contributed by atoms with Crippen molar-refractivity contribution in [1.29, 1.82) is 0 Å². The van der Waals surface area contributed by atoms with Gasteiger partial charge in [-0.05, 0) is 22.4 Å². The molecular formula is C8H14BrN3O. The van der Waals surface area contributed by atoms with Gasteiger partial charge in [-0.3, -0.25) is 4.68 Å². The summed E-state index contributed by atoms with van der Waals surface area (Å²) in [6.45, 7) is 0.665. The van der Waals surface area contributed by atoms with Crippen LogP contribution in [0.2, 0.25) is 0 Å². The molecule has 0 aliphatic carbocycles. The van der Waals surface area contributed by atoms with Crippen molar-refractivity contribution in [1.82, 2.24) is 9.78 Å². The minimum atomic E-state index is -0.0261. The lowest BCUT2D eigenvalue weighted by Crippen LogP contribution is -2.16. The molecule has 1 atom stereocenters. The zero-order chi connectivity index (χ0) is 9.84. The Morgan fingerprint density at radius 1 is 1.77 bits per heavy atom. The second-order valence-electron chi connectivity index (χ2n) is 2.89. The van der Waals surface area contributed by atoms with Gasteiger partial charge in [-0.25, -0.2) is 0 Å². The molecule has 0 bridgehead atoms. The van der Waals surface area contributed by atoms with Crippen molar-refractivity contribution in [2.75, 3.05) is 13.7 Å². The van der Waals surface area contributed by atoms with Crippen LogP contribution >= 0.6 is 15.9 Å². The quantitative estimate of drug-likeness (QED) is 0.871. The Morgan fingerprint density at radius 2 is 2.46 bits per heavy atom. The molecule has 0 spiro atoms. The number of aryl methyl sites for hydroxylation is 1. The van der Waals surface area contributed by atoms with Crippen LogP contribution in [0, 0.1) is 0 Å². The van der Waals surface area contributed by atoms with E-state index in [1.807, 2.05) is 7.05 Å². The number of nitrogens with two attached hydrogens (primary N) is 1. The number of nitrogens with zero attached hydrogens (tertiary/aromatic N) is 2. The second kappa shape index (κ2) is 4.74. The van der Waals surface area contributed by atoms with Crippen LogP contribution in [0.4, 0.5) is 0 Å². The zero-order valence-corrected chi connectivity index (χ0v) is 9.41. The van der Waals surface area contributed by atoms with E-state index in [1.54, 1.807) is 18.0 Å². The molecular weight excluding hydrogens is 234 g/mol. The summed E-state index contributed by atoms with van der Waals surface area (Å²) < 4.78 is 7.70. The van der Waals surface area contributed by atoms with Crippen molar-refractivity contribution in [3.05, 3.63) is 16.4 Å². The summed E-state index contributed by atoms with van der Waals surface area (Å²) in [6.07, 6.45) is 2.55. The van der Waals surface area contributed by atoms with Gasteiger partial charge in [-0.1, -0.05) is 0 Å². The molecule has 4 nitrogen and oxygen atoms in total. The summed E-state index contributed by atoms with van der Waals surface area (Å²) in [5, 5.41) is 4.09. The highest BCUT2D eigenvalue weighted by molar-refractivity contribution is 9.10. The fraction of sp³-hybridized carbons (Fsp3) is 0.625. The van der Waals surface area contributed by atoms with Crippen molar-refractivity contribution in [3.63, 3.8) is 0 Å². The fourth-order valence-corrected chi connectivity index (χ4v) is 1.86. The highest BCUT2D eigenvalue weighted by Crippen LogP contribution is 2.22. The minimum Gasteiger partial charge on any atom is -0.385 e. The van der Waals surface area contributed by atoms with Gasteiger partial charge < -0.3 is 10.5 Å². The smallest absolute Gasteiger partial charge is 0.0691 e. The largest absolute Gasteiger partial charge is 0.385 e. The molecule has 1 rings (SSSR count). The third-order valence-corrected chi connectivity index (χ3v) is 2.53. The third-order valence-electron chi connectivity index (χ3n) is 1.92. The van der Waals surface area contributed by atoms with E-state index in [2.05, 4.69) is 21.0 Å². The topological polar surface area (TPSA) is 53.1 Å². The van der Waals surface area contributed by atoms with Crippen LogP contribution in [0.15, 0.2) is 10.7 Å². The first-order valence-corrected chi connectivity index (χ1v) is 4.88. The summed E-state index contributed by atoms with van der Waals surface area (Å²) in [7, 11) is 3.55. The van der Waals surface area contributed by atoms with Gasteiger partial charge in [0, 0.05) is 20.8 Å². The first-order chi connectivity index (χ1) is 6.16. The van der Waals surface area contributed by atoms with Crippen LogP contribution < -0.4 is 5.73 Å². The summed E-state index contributed by atoms with van der Waals surface area (Å²) in [5.41, 5.74) is 6.97. The van der Waals surface area contributed by atoms with E-state index in [0.717, 1.165) is 16.6 Å². The van der Waals surface area contributed by atoms with Crippen molar-refractivity contribution < 1.29 is 4.74 Å². The molecule has 0 saturated carbocycles. The molecule has 74 valence electrons. The summed E-state index contributed by atoms with van der Waals surface area (Å²) >= 11 is 3.41. The van der Waals surface area contributed by atoms with Crippen LogP contribution in [0.3, 0.4) is 0 Å². The van der Waals surface area contributed by atoms with E-state index in [4.69, 9.17) is 10.5 Å². The maximum Gasteiger partial charge on any atom is 0.0691 e. The number of hydrogen-bond acceptors (Lipinski definition) is 3. The predicted octanol–water partition coefficient (Wildman–Crippen LogP) is 1.22. The van der Waals surface area contributed by atoms with Crippen molar-refractivity contribution in [3.8, 4) is 0 Å². The normalized spacial score (nSPS) is 13.2.